The van der Waals surface area contributed by atoms with E-state index >= 15 is 0 Å². The summed E-state index contributed by atoms with van der Waals surface area (Å²) >= 11 is 4.77. The first-order valence-corrected chi connectivity index (χ1v) is 5.89. The van der Waals surface area contributed by atoms with Crippen LogP contribution in [0.1, 0.15) is 15.9 Å². The van der Waals surface area contributed by atoms with Gasteiger partial charge < -0.3 is 21.1 Å². The van der Waals surface area contributed by atoms with Crippen LogP contribution < -0.4 is 16.4 Å². The van der Waals surface area contributed by atoms with Crippen LogP contribution in [0.15, 0.2) is 18.2 Å². The number of carbonyl (C=O) groups is 1. The van der Waals surface area contributed by atoms with Gasteiger partial charge in [-0.25, -0.2) is 0 Å². The van der Waals surface area contributed by atoms with Crippen molar-refractivity contribution in [1.82, 2.24) is 5.32 Å². The van der Waals surface area contributed by atoms with Gasteiger partial charge in [-0.05, 0) is 42.9 Å². The number of methoxy groups -OCH3 is 1. The molecule has 0 saturated carbocycles. The highest BCUT2D eigenvalue weighted by Crippen LogP contribution is 2.16. The van der Waals surface area contributed by atoms with E-state index in [0.717, 1.165) is 11.3 Å². The second-order valence-electron chi connectivity index (χ2n) is 3.77. The molecule has 0 aliphatic heterocycles. The fraction of sp³-hybridized carbons (Fsp3) is 0.333. The summed E-state index contributed by atoms with van der Waals surface area (Å²) in [6, 6.07) is 5.28. The highest BCUT2D eigenvalue weighted by Gasteiger charge is 2.07. The van der Waals surface area contributed by atoms with Crippen molar-refractivity contribution in [3.8, 4) is 0 Å². The van der Waals surface area contributed by atoms with Gasteiger partial charge in [0.15, 0.2) is 5.11 Å². The maximum Gasteiger partial charge on any atom is 0.251 e. The van der Waals surface area contributed by atoms with Crippen LogP contribution in [0.4, 0.5) is 5.69 Å². The molecule has 0 aliphatic rings. The minimum Gasteiger partial charge on any atom is -0.383 e. The molecule has 0 radical (unpaired) electrons. The maximum atomic E-state index is 11.8. The van der Waals surface area contributed by atoms with Crippen LogP contribution in [0.5, 0.6) is 0 Å². The topological polar surface area (TPSA) is 76.4 Å². The molecule has 1 rings (SSSR count). The summed E-state index contributed by atoms with van der Waals surface area (Å²) in [6.45, 7) is 2.86. The van der Waals surface area contributed by atoms with Gasteiger partial charge >= 0.3 is 0 Å². The van der Waals surface area contributed by atoms with Crippen LogP contribution >= 0.6 is 12.2 Å². The molecule has 0 aromatic heterocycles. The zero-order chi connectivity index (χ0) is 13.5. The third-order valence-electron chi connectivity index (χ3n) is 2.34. The minimum atomic E-state index is -0.128. The van der Waals surface area contributed by atoms with Crippen molar-refractivity contribution in [3.05, 3.63) is 29.3 Å². The summed E-state index contributed by atoms with van der Waals surface area (Å²) < 4.78 is 4.86. The SMILES string of the molecule is COCCNC(=O)c1ccc(NC(N)=S)c(C)c1. The molecule has 0 heterocycles. The van der Waals surface area contributed by atoms with Crippen LogP contribution in [0, 0.1) is 6.92 Å². The van der Waals surface area contributed by atoms with Crippen LogP contribution in [-0.4, -0.2) is 31.3 Å². The number of ether oxygens (including phenoxy) is 1. The Kier molecular flexibility index (Phi) is 5.54. The quantitative estimate of drug-likeness (QED) is 0.548. The number of hydrogen-bond donors (Lipinski definition) is 3. The van der Waals surface area contributed by atoms with Gasteiger partial charge in [0.25, 0.3) is 5.91 Å². The van der Waals surface area contributed by atoms with E-state index < -0.39 is 0 Å². The van der Waals surface area contributed by atoms with Crippen LogP contribution in [-0.2, 0) is 4.74 Å². The average molecular weight is 267 g/mol. The number of thiocarbonyl (C=S) groups is 1. The average Bonchev–Trinajstić information content (AvgIpc) is 2.31. The molecule has 0 atom stereocenters. The second-order valence-corrected chi connectivity index (χ2v) is 4.21. The predicted molar refractivity (Wildman–Crippen MR) is 75.8 cm³/mol. The van der Waals surface area contributed by atoms with Gasteiger partial charge in [0.05, 0.1) is 6.61 Å². The lowest BCUT2D eigenvalue weighted by molar-refractivity contribution is 0.0937. The van der Waals surface area contributed by atoms with Gasteiger partial charge in [0.1, 0.15) is 0 Å². The second kappa shape index (κ2) is 6.93. The Bertz CT molecular complexity index is 449. The van der Waals surface area contributed by atoms with Gasteiger partial charge in [-0.15, -0.1) is 0 Å². The fourth-order valence-corrected chi connectivity index (χ4v) is 1.56. The molecule has 18 heavy (non-hydrogen) atoms. The Hall–Kier alpha value is -1.66. The van der Waals surface area contributed by atoms with Crippen LogP contribution in [0.2, 0.25) is 0 Å². The lowest BCUT2D eigenvalue weighted by Gasteiger charge is -2.10. The van der Waals surface area contributed by atoms with E-state index in [1.807, 2.05) is 6.92 Å². The van der Waals surface area contributed by atoms with E-state index in [-0.39, 0.29) is 11.0 Å². The summed E-state index contributed by atoms with van der Waals surface area (Å²) in [4.78, 5) is 11.8. The van der Waals surface area contributed by atoms with Gasteiger partial charge in [0, 0.05) is 24.9 Å². The van der Waals surface area contributed by atoms with Gasteiger partial charge in [-0.2, -0.15) is 0 Å². The summed E-state index contributed by atoms with van der Waals surface area (Å²) in [7, 11) is 1.59. The Morgan fingerprint density at radius 1 is 1.50 bits per heavy atom. The molecule has 6 heteroatoms. The highest BCUT2D eigenvalue weighted by molar-refractivity contribution is 7.80. The first-order chi connectivity index (χ1) is 8.54. The lowest BCUT2D eigenvalue weighted by atomic mass is 10.1. The van der Waals surface area contributed by atoms with Gasteiger partial charge in [-0.3, -0.25) is 4.79 Å². The number of aryl methyl sites for hydroxylation is 1. The Balaban J connectivity index is 2.71. The van der Waals surface area contributed by atoms with E-state index in [4.69, 9.17) is 22.7 Å². The number of hydrogen-bond acceptors (Lipinski definition) is 3. The normalized spacial score (nSPS) is 9.89. The monoisotopic (exact) mass is 267 g/mol. The highest BCUT2D eigenvalue weighted by atomic mass is 32.1. The zero-order valence-electron chi connectivity index (χ0n) is 10.4. The number of carbonyl (C=O) groups excluding carboxylic acids is 1. The molecule has 4 N–H and O–H groups in total. The van der Waals surface area contributed by atoms with Crippen molar-refractivity contribution >= 4 is 28.9 Å². The number of anilines is 1. The van der Waals surface area contributed by atoms with Crippen molar-refractivity contribution in [2.75, 3.05) is 25.6 Å². The molecule has 5 nitrogen and oxygen atoms in total. The molecule has 1 aromatic carbocycles. The number of rotatable bonds is 5. The molecule has 98 valence electrons. The summed E-state index contributed by atoms with van der Waals surface area (Å²) in [6.07, 6.45) is 0. The molecule has 1 amide bonds. The maximum absolute atomic E-state index is 11.8. The third kappa shape index (κ3) is 4.31. The van der Waals surface area contributed by atoms with Crippen molar-refractivity contribution < 1.29 is 9.53 Å². The fourth-order valence-electron chi connectivity index (χ4n) is 1.45. The number of nitrogens with one attached hydrogen (secondary N) is 2. The smallest absolute Gasteiger partial charge is 0.251 e. The van der Waals surface area contributed by atoms with E-state index in [2.05, 4.69) is 10.6 Å². The third-order valence-corrected chi connectivity index (χ3v) is 2.44. The molecule has 0 aliphatic carbocycles. The van der Waals surface area contributed by atoms with Crippen molar-refractivity contribution in [2.45, 2.75) is 6.92 Å². The van der Waals surface area contributed by atoms with E-state index in [9.17, 15) is 4.79 Å². The van der Waals surface area contributed by atoms with E-state index in [1.165, 1.54) is 0 Å². The number of benzene rings is 1. The first kappa shape index (κ1) is 14.4. The minimum absolute atomic E-state index is 0.128. The Morgan fingerprint density at radius 2 is 2.22 bits per heavy atom. The van der Waals surface area contributed by atoms with Crippen LogP contribution in [0.3, 0.4) is 0 Å². The van der Waals surface area contributed by atoms with Gasteiger partial charge in [-0.1, -0.05) is 0 Å². The Labute approximate surface area is 112 Å². The number of amides is 1. The molecule has 0 unspecified atom stereocenters. The molecule has 0 fully saturated rings. The van der Waals surface area contributed by atoms with E-state index in [1.54, 1.807) is 25.3 Å². The van der Waals surface area contributed by atoms with Crippen molar-refractivity contribution in [1.29, 1.82) is 0 Å². The number of nitrogens with two attached hydrogens (primary N) is 1. The van der Waals surface area contributed by atoms with Crippen molar-refractivity contribution in [2.24, 2.45) is 5.73 Å². The molecular weight excluding hydrogens is 250 g/mol. The summed E-state index contributed by atoms with van der Waals surface area (Å²) in [5, 5.41) is 5.81. The summed E-state index contributed by atoms with van der Waals surface area (Å²) in [5.41, 5.74) is 7.70. The predicted octanol–water partition coefficient (Wildman–Crippen LogP) is 1.03. The lowest BCUT2D eigenvalue weighted by Crippen LogP contribution is -2.27. The molecule has 0 spiro atoms. The van der Waals surface area contributed by atoms with Gasteiger partial charge in [0.2, 0.25) is 0 Å². The first-order valence-electron chi connectivity index (χ1n) is 5.49. The standard InChI is InChI=1S/C12H17N3O2S/c1-8-7-9(11(16)14-5-6-17-2)3-4-10(8)15-12(13)18/h3-4,7H,5-6H2,1-2H3,(H,14,16)(H3,13,15,18). The molecule has 1 aromatic rings. The van der Waals surface area contributed by atoms with Crippen LogP contribution in [0.25, 0.3) is 0 Å². The Morgan fingerprint density at radius 3 is 2.78 bits per heavy atom. The summed E-state index contributed by atoms with van der Waals surface area (Å²) in [5.74, 6) is -0.128. The van der Waals surface area contributed by atoms with Crippen molar-refractivity contribution in [3.63, 3.8) is 0 Å². The molecule has 0 saturated heterocycles. The molecule has 0 bridgehead atoms. The van der Waals surface area contributed by atoms with E-state index in [0.29, 0.717) is 18.7 Å². The largest absolute Gasteiger partial charge is 0.383 e. The molecular formula is C12H17N3O2S. The zero-order valence-corrected chi connectivity index (χ0v) is 11.3.